The minimum Gasteiger partial charge on any atom is -0.338 e. The SMILES string of the molecule is O=C(NCCCN1C(=O)c2ccccc2C1=O)Nc1ccc(Cl)c(C(F)(F)F)c1. The summed E-state index contributed by atoms with van der Waals surface area (Å²) in [5.41, 5.74) is -0.444. The number of amides is 4. The van der Waals surface area contributed by atoms with Crippen molar-refractivity contribution in [2.45, 2.75) is 12.6 Å². The second-order valence-electron chi connectivity index (χ2n) is 6.23. The van der Waals surface area contributed by atoms with Gasteiger partial charge in [0.1, 0.15) is 0 Å². The molecule has 6 nitrogen and oxygen atoms in total. The van der Waals surface area contributed by atoms with Crippen molar-refractivity contribution in [1.82, 2.24) is 10.2 Å². The topological polar surface area (TPSA) is 78.5 Å². The van der Waals surface area contributed by atoms with Crippen LogP contribution in [0, 0.1) is 0 Å². The van der Waals surface area contributed by atoms with Crippen LogP contribution in [0.25, 0.3) is 0 Å². The molecule has 0 atom stereocenters. The van der Waals surface area contributed by atoms with Crippen LogP contribution < -0.4 is 10.6 Å². The monoisotopic (exact) mass is 425 g/mol. The predicted molar refractivity (Wildman–Crippen MR) is 99.9 cm³/mol. The number of hydrogen-bond donors (Lipinski definition) is 2. The Labute approximate surface area is 168 Å². The molecule has 1 aliphatic rings. The highest BCUT2D eigenvalue weighted by atomic mass is 35.5. The fourth-order valence-electron chi connectivity index (χ4n) is 2.88. The molecule has 29 heavy (non-hydrogen) atoms. The zero-order valence-electron chi connectivity index (χ0n) is 14.8. The molecule has 2 aromatic rings. The standard InChI is InChI=1S/C19H15ClF3N3O3/c20-15-7-6-11(10-14(15)19(21,22)23)25-18(29)24-8-3-9-26-16(27)12-4-1-2-5-13(12)17(26)28/h1-2,4-7,10H,3,8-9H2,(H2,24,25,29). The van der Waals surface area contributed by atoms with Crippen molar-refractivity contribution < 1.29 is 27.6 Å². The number of benzene rings is 2. The average molecular weight is 426 g/mol. The Hall–Kier alpha value is -3.07. The van der Waals surface area contributed by atoms with Crippen LogP contribution in [-0.4, -0.2) is 35.8 Å². The molecule has 0 unspecified atom stereocenters. The predicted octanol–water partition coefficient (Wildman–Crippen LogP) is 4.17. The molecule has 0 radical (unpaired) electrons. The third-order valence-electron chi connectivity index (χ3n) is 4.25. The van der Waals surface area contributed by atoms with Crippen molar-refractivity contribution in [1.29, 1.82) is 0 Å². The number of imide groups is 1. The second-order valence-corrected chi connectivity index (χ2v) is 6.64. The normalized spacial score (nSPS) is 13.4. The average Bonchev–Trinajstić information content (AvgIpc) is 2.91. The number of nitrogens with one attached hydrogen (secondary N) is 2. The largest absolute Gasteiger partial charge is 0.417 e. The van der Waals surface area contributed by atoms with Gasteiger partial charge in [0.15, 0.2) is 0 Å². The van der Waals surface area contributed by atoms with Gasteiger partial charge in [0.2, 0.25) is 0 Å². The third-order valence-corrected chi connectivity index (χ3v) is 4.58. The summed E-state index contributed by atoms with van der Waals surface area (Å²) in [6.07, 6.45) is -4.36. The van der Waals surface area contributed by atoms with Crippen LogP contribution in [0.15, 0.2) is 42.5 Å². The summed E-state index contributed by atoms with van der Waals surface area (Å²) in [5, 5.41) is 4.28. The Kier molecular flexibility index (Phi) is 5.78. The first kappa shape index (κ1) is 20.7. The van der Waals surface area contributed by atoms with Crippen LogP contribution >= 0.6 is 11.6 Å². The van der Waals surface area contributed by atoms with E-state index < -0.39 is 34.6 Å². The van der Waals surface area contributed by atoms with Crippen molar-refractivity contribution in [2.24, 2.45) is 0 Å². The molecule has 1 heterocycles. The maximum atomic E-state index is 12.9. The number of fused-ring (bicyclic) bond motifs is 1. The summed E-state index contributed by atoms with van der Waals surface area (Å²) < 4.78 is 38.6. The van der Waals surface area contributed by atoms with Crippen molar-refractivity contribution in [3.8, 4) is 0 Å². The minimum absolute atomic E-state index is 0.0698. The van der Waals surface area contributed by atoms with Gasteiger partial charge in [-0.2, -0.15) is 13.2 Å². The first-order valence-electron chi connectivity index (χ1n) is 8.55. The van der Waals surface area contributed by atoms with Gasteiger partial charge in [0.25, 0.3) is 11.8 Å². The Bertz CT molecular complexity index is 944. The smallest absolute Gasteiger partial charge is 0.338 e. The zero-order chi connectivity index (χ0) is 21.2. The number of anilines is 1. The van der Waals surface area contributed by atoms with Gasteiger partial charge in [-0.3, -0.25) is 14.5 Å². The first-order valence-corrected chi connectivity index (χ1v) is 8.93. The summed E-state index contributed by atoms with van der Waals surface area (Å²) in [5.74, 6) is -0.785. The molecule has 0 saturated heterocycles. The van der Waals surface area contributed by atoms with Gasteiger partial charge in [0, 0.05) is 18.8 Å². The highest BCUT2D eigenvalue weighted by Crippen LogP contribution is 2.36. The van der Waals surface area contributed by atoms with E-state index >= 15 is 0 Å². The lowest BCUT2D eigenvalue weighted by molar-refractivity contribution is -0.137. The molecule has 152 valence electrons. The number of hydrogen-bond acceptors (Lipinski definition) is 3. The van der Waals surface area contributed by atoms with Crippen LogP contribution in [0.3, 0.4) is 0 Å². The highest BCUT2D eigenvalue weighted by Gasteiger charge is 2.35. The molecule has 2 N–H and O–H groups in total. The summed E-state index contributed by atoms with van der Waals surface area (Å²) in [6.45, 7) is 0.213. The lowest BCUT2D eigenvalue weighted by Crippen LogP contribution is -2.35. The van der Waals surface area contributed by atoms with Crippen LogP contribution in [0.1, 0.15) is 32.7 Å². The van der Waals surface area contributed by atoms with E-state index in [1.165, 1.54) is 6.07 Å². The first-order chi connectivity index (χ1) is 13.7. The number of carbonyl (C=O) groups excluding carboxylic acids is 3. The van der Waals surface area contributed by atoms with E-state index in [-0.39, 0.29) is 25.2 Å². The quantitative estimate of drug-likeness (QED) is 0.557. The Morgan fingerprint density at radius 1 is 1.03 bits per heavy atom. The number of halogens is 4. The van der Waals surface area contributed by atoms with Gasteiger partial charge in [-0.1, -0.05) is 23.7 Å². The lowest BCUT2D eigenvalue weighted by atomic mass is 10.1. The molecule has 1 aliphatic heterocycles. The molecule has 10 heteroatoms. The van der Waals surface area contributed by atoms with Crippen molar-refractivity contribution in [3.63, 3.8) is 0 Å². The van der Waals surface area contributed by atoms with E-state index in [1.54, 1.807) is 24.3 Å². The van der Waals surface area contributed by atoms with Gasteiger partial charge < -0.3 is 10.6 Å². The molecule has 0 aliphatic carbocycles. The number of urea groups is 1. The summed E-state index contributed by atoms with van der Waals surface area (Å²) in [7, 11) is 0. The van der Waals surface area contributed by atoms with Crippen LogP contribution in [-0.2, 0) is 6.18 Å². The van der Waals surface area contributed by atoms with Crippen molar-refractivity contribution in [2.75, 3.05) is 18.4 Å². The van der Waals surface area contributed by atoms with Crippen molar-refractivity contribution in [3.05, 3.63) is 64.2 Å². The summed E-state index contributed by atoms with van der Waals surface area (Å²) in [4.78, 5) is 37.4. The van der Waals surface area contributed by atoms with Crippen LogP contribution in [0.4, 0.5) is 23.7 Å². The molecule has 0 spiro atoms. The highest BCUT2D eigenvalue weighted by molar-refractivity contribution is 6.31. The van der Waals surface area contributed by atoms with E-state index in [0.29, 0.717) is 11.1 Å². The van der Waals surface area contributed by atoms with Gasteiger partial charge in [-0.15, -0.1) is 0 Å². The van der Waals surface area contributed by atoms with Gasteiger partial charge >= 0.3 is 12.2 Å². The third kappa shape index (κ3) is 4.51. The summed E-state index contributed by atoms with van der Waals surface area (Å²) in [6, 6.07) is 8.79. The molecule has 0 bridgehead atoms. The maximum Gasteiger partial charge on any atom is 0.417 e. The summed E-state index contributed by atoms with van der Waals surface area (Å²) >= 11 is 5.53. The second kappa shape index (κ2) is 8.12. The molecule has 0 fully saturated rings. The van der Waals surface area contributed by atoms with E-state index in [9.17, 15) is 27.6 Å². The zero-order valence-corrected chi connectivity index (χ0v) is 15.6. The number of carbonyl (C=O) groups is 3. The van der Waals surface area contributed by atoms with E-state index in [0.717, 1.165) is 17.0 Å². The van der Waals surface area contributed by atoms with Crippen LogP contribution in [0.5, 0.6) is 0 Å². The van der Waals surface area contributed by atoms with E-state index in [4.69, 9.17) is 11.6 Å². The molecule has 3 rings (SSSR count). The van der Waals surface area contributed by atoms with E-state index in [1.807, 2.05) is 0 Å². The lowest BCUT2D eigenvalue weighted by Gasteiger charge is -2.14. The number of rotatable bonds is 5. The fourth-order valence-corrected chi connectivity index (χ4v) is 3.10. The van der Waals surface area contributed by atoms with E-state index in [2.05, 4.69) is 10.6 Å². The molecular formula is C19H15ClF3N3O3. The Morgan fingerprint density at radius 2 is 1.66 bits per heavy atom. The molecule has 2 aromatic carbocycles. The molecule has 4 amide bonds. The molecule has 0 saturated carbocycles. The molecular weight excluding hydrogens is 411 g/mol. The molecule has 0 aromatic heterocycles. The van der Waals surface area contributed by atoms with Gasteiger partial charge in [0.05, 0.1) is 21.7 Å². The van der Waals surface area contributed by atoms with Gasteiger partial charge in [-0.05, 0) is 36.8 Å². The van der Waals surface area contributed by atoms with Gasteiger partial charge in [-0.25, -0.2) is 4.79 Å². The Balaban J connectivity index is 1.49. The van der Waals surface area contributed by atoms with Crippen LogP contribution in [0.2, 0.25) is 5.02 Å². The number of nitrogens with zero attached hydrogens (tertiary/aromatic N) is 1. The Morgan fingerprint density at radius 3 is 2.24 bits per heavy atom. The minimum atomic E-state index is -4.64. The maximum absolute atomic E-state index is 12.9. The fraction of sp³-hybridized carbons (Fsp3) is 0.211. The van der Waals surface area contributed by atoms with Crippen molar-refractivity contribution >= 4 is 35.1 Å². The number of alkyl halides is 3.